The number of nitrogens with one attached hydrogen (secondary N) is 1. The Balaban J connectivity index is 2.77. The number of carbonyl (C=O) groups is 2. The van der Waals surface area contributed by atoms with Gasteiger partial charge in [-0.25, -0.2) is 0 Å². The minimum Gasteiger partial charge on any atom is -0.481 e. The van der Waals surface area contributed by atoms with Gasteiger partial charge in [0, 0.05) is 18.4 Å². The summed E-state index contributed by atoms with van der Waals surface area (Å²) in [6, 6.07) is 7.25. The molecule has 1 unspecified atom stereocenters. The van der Waals surface area contributed by atoms with Gasteiger partial charge in [0.15, 0.2) is 0 Å². The predicted octanol–water partition coefficient (Wildman–Crippen LogP) is 3.48. The summed E-state index contributed by atoms with van der Waals surface area (Å²) in [7, 11) is 0. The molecule has 0 aromatic heterocycles. The van der Waals surface area contributed by atoms with Gasteiger partial charge in [0.05, 0.1) is 5.92 Å². The minimum atomic E-state index is -4.54. The first-order valence-corrected chi connectivity index (χ1v) is 7.16. The standard InChI is InChI=1S/C16H20F3NO3/c1-15(2,9-8-14(22)23)20-13(21)10-12(16(17,18)19)11-6-4-3-5-7-11/h3-7,12H,8-10H2,1-2H3,(H,20,21)(H,22,23). The summed E-state index contributed by atoms with van der Waals surface area (Å²) in [4.78, 5) is 22.5. The van der Waals surface area contributed by atoms with E-state index < -0.39 is 35.9 Å². The third-order valence-corrected chi connectivity index (χ3v) is 3.43. The summed E-state index contributed by atoms with van der Waals surface area (Å²) in [5, 5.41) is 11.1. The van der Waals surface area contributed by atoms with E-state index in [-0.39, 0.29) is 18.4 Å². The summed E-state index contributed by atoms with van der Waals surface area (Å²) >= 11 is 0. The highest BCUT2D eigenvalue weighted by Gasteiger charge is 2.42. The lowest BCUT2D eigenvalue weighted by molar-refractivity contribution is -0.157. The van der Waals surface area contributed by atoms with Gasteiger partial charge in [0.25, 0.3) is 0 Å². The van der Waals surface area contributed by atoms with Crippen molar-refractivity contribution in [2.24, 2.45) is 0 Å². The molecule has 0 fully saturated rings. The maximum atomic E-state index is 13.2. The number of halogens is 3. The largest absolute Gasteiger partial charge is 0.481 e. The zero-order valence-electron chi connectivity index (χ0n) is 13.0. The number of hydrogen-bond acceptors (Lipinski definition) is 2. The Bertz CT molecular complexity index is 541. The molecule has 0 radical (unpaired) electrons. The molecule has 128 valence electrons. The highest BCUT2D eigenvalue weighted by atomic mass is 19.4. The van der Waals surface area contributed by atoms with Crippen molar-refractivity contribution in [3.8, 4) is 0 Å². The van der Waals surface area contributed by atoms with Gasteiger partial charge in [-0.1, -0.05) is 30.3 Å². The fourth-order valence-electron chi connectivity index (χ4n) is 2.20. The maximum absolute atomic E-state index is 13.2. The summed E-state index contributed by atoms with van der Waals surface area (Å²) in [5.74, 6) is -3.67. The second kappa shape index (κ2) is 7.48. The van der Waals surface area contributed by atoms with E-state index in [4.69, 9.17) is 5.11 Å². The fraction of sp³-hybridized carbons (Fsp3) is 0.500. The third-order valence-electron chi connectivity index (χ3n) is 3.43. The van der Waals surface area contributed by atoms with E-state index in [0.717, 1.165) is 0 Å². The number of benzene rings is 1. The maximum Gasteiger partial charge on any atom is 0.396 e. The van der Waals surface area contributed by atoms with Gasteiger partial charge in [-0.3, -0.25) is 9.59 Å². The summed E-state index contributed by atoms with van der Waals surface area (Å²) in [6.07, 6.45) is -5.31. The van der Waals surface area contributed by atoms with E-state index in [2.05, 4.69) is 5.32 Å². The van der Waals surface area contributed by atoms with Crippen molar-refractivity contribution in [2.45, 2.75) is 50.7 Å². The zero-order valence-corrected chi connectivity index (χ0v) is 13.0. The van der Waals surface area contributed by atoms with Crippen LogP contribution >= 0.6 is 0 Å². The van der Waals surface area contributed by atoms with Gasteiger partial charge in [-0.2, -0.15) is 13.2 Å². The molecule has 7 heteroatoms. The predicted molar refractivity (Wildman–Crippen MR) is 78.9 cm³/mol. The van der Waals surface area contributed by atoms with E-state index in [1.807, 2.05) is 0 Å². The molecule has 0 aliphatic heterocycles. The number of alkyl halides is 3. The van der Waals surface area contributed by atoms with Gasteiger partial charge in [-0.05, 0) is 25.8 Å². The van der Waals surface area contributed by atoms with Crippen LogP contribution < -0.4 is 5.32 Å². The topological polar surface area (TPSA) is 66.4 Å². The van der Waals surface area contributed by atoms with Gasteiger partial charge >= 0.3 is 12.1 Å². The second-order valence-corrected chi connectivity index (χ2v) is 6.03. The number of carbonyl (C=O) groups excluding carboxylic acids is 1. The van der Waals surface area contributed by atoms with Crippen LogP contribution in [0.4, 0.5) is 13.2 Å². The monoisotopic (exact) mass is 331 g/mol. The average Bonchev–Trinajstić information content (AvgIpc) is 2.42. The average molecular weight is 331 g/mol. The lowest BCUT2D eigenvalue weighted by atomic mass is 9.93. The molecule has 1 aromatic carbocycles. The van der Waals surface area contributed by atoms with Gasteiger partial charge in [0.1, 0.15) is 0 Å². The molecule has 0 saturated carbocycles. The van der Waals surface area contributed by atoms with Crippen molar-refractivity contribution in [1.29, 1.82) is 0 Å². The second-order valence-electron chi connectivity index (χ2n) is 6.03. The number of aliphatic carboxylic acids is 1. The van der Waals surface area contributed by atoms with Crippen molar-refractivity contribution in [3.63, 3.8) is 0 Å². The fourth-order valence-corrected chi connectivity index (χ4v) is 2.20. The number of carboxylic acid groups (broad SMARTS) is 1. The minimum absolute atomic E-state index is 0.0264. The van der Waals surface area contributed by atoms with Crippen LogP contribution in [-0.4, -0.2) is 28.7 Å². The lowest BCUT2D eigenvalue weighted by Crippen LogP contribution is -2.44. The van der Waals surface area contributed by atoms with Crippen LogP contribution in [0.15, 0.2) is 30.3 Å². The normalized spacial score (nSPS) is 13.4. The van der Waals surface area contributed by atoms with Crippen molar-refractivity contribution < 1.29 is 27.9 Å². The van der Waals surface area contributed by atoms with E-state index in [1.54, 1.807) is 19.9 Å². The molecular formula is C16H20F3NO3. The first kappa shape index (κ1) is 19.0. The first-order valence-electron chi connectivity index (χ1n) is 7.16. The molecular weight excluding hydrogens is 311 g/mol. The number of amides is 1. The van der Waals surface area contributed by atoms with Crippen LogP contribution in [0.5, 0.6) is 0 Å². The van der Waals surface area contributed by atoms with Gasteiger partial charge < -0.3 is 10.4 Å². The molecule has 4 nitrogen and oxygen atoms in total. The molecule has 0 aliphatic rings. The van der Waals surface area contributed by atoms with Crippen LogP contribution in [0.25, 0.3) is 0 Å². The Kier molecular flexibility index (Phi) is 6.18. The molecule has 2 N–H and O–H groups in total. The van der Waals surface area contributed by atoms with Crippen molar-refractivity contribution >= 4 is 11.9 Å². The Labute approximate surface area is 132 Å². The summed E-state index contributed by atoms with van der Waals surface area (Å²) in [5.41, 5.74) is -0.860. The van der Waals surface area contributed by atoms with Crippen molar-refractivity contribution in [2.75, 3.05) is 0 Å². The smallest absolute Gasteiger partial charge is 0.396 e. The Morgan fingerprint density at radius 2 is 1.74 bits per heavy atom. The molecule has 0 heterocycles. The Hall–Kier alpha value is -2.05. The van der Waals surface area contributed by atoms with Crippen LogP contribution in [0.3, 0.4) is 0 Å². The molecule has 0 saturated heterocycles. The van der Waals surface area contributed by atoms with Crippen molar-refractivity contribution in [3.05, 3.63) is 35.9 Å². The molecule has 0 aliphatic carbocycles. The highest BCUT2D eigenvalue weighted by molar-refractivity contribution is 5.78. The van der Waals surface area contributed by atoms with E-state index in [9.17, 15) is 22.8 Å². The molecule has 1 aromatic rings. The Morgan fingerprint density at radius 3 is 2.22 bits per heavy atom. The van der Waals surface area contributed by atoms with Crippen LogP contribution in [0.2, 0.25) is 0 Å². The van der Waals surface area contributed by atoms with E-state index >= 15 is 0 Å². The first-order chi connectivity index (χ1) is 10.5. The SMILES string of the molecule is CC(C)(CCC(=O)O)NC(=O)CC(c1ccccc1)C(F)(F)F. The molecule has 1 atom stereocenters. The highest BCUT2D eigenvalue weighted by Crippen LogP contribution is 2.37. The third kappa shape index (κ3) is 6.71. The molecule has 1 rings (SSSR count). The number of rotatable bonds is 7. The van der Waals surface area contributed by atoms with E-state index in [1.165, 1.54) is 24.3 Å². The van der Waals surface area contributed by atoms with Crippen LogP contribution in [0, 0.1) is 0 Å². The van der Waals surface area contributed by atoms with Crippen LogP contribution in [0.1, 0.15) is 44.6 Å². The Morgan fingerprint density at radius 1 is 1.17 bits per heavy atom. The zero-order chi connectivity index (χ0) is 17.7. The van der Waals surface area contributed by atoms with Gasteiger partial charge in [0.2, 0.25) is 5.91 Å². The summed E-state index contributed by atoms with van der Waals surface area (Å²) in [6.45, 7) is 3.16. The summed E-state index contributed by atoms with van der Waals surface area (Å²) < 4.78 is 39.6. The number of hydrogen-bond donors (Lipinski definition) is 2. The lowest BCUT2D eigenvalue weighted by Gasteiger charge is -2.27. The molecule has 0 spiro atoms. The molecule has 0 bridgehead atoms. The molecule has 1 amide bonds. The van der Waals surface area contributed by atoms with Crippen molar-refractivity contribution in [1.82, 2.24) is 5.32 Å². The van der Waals surface area contributed by atoms with Crippen LogP contribution in [-0.2, 0) is 9.59 Å². The molecule has 23 heavy (non-hydrogen) atoms. The van der Waals surface area contributed by atoms with Gasteiger partial charge in [-0.15, -0.1) is 0 Å². The quantitative estimate of drug-likeness (QED) is 0.804. The van der Waals surface area contributed by atoms with E-state index in [0.29, 0.717) is 0 Å². The number of carboxylic acids is 1.